The average molecular weight is 1280 g/mol. The zero-order chi connectivity index (χ0) is 60.5. The molecule has 430 valence electrons. The van der Waals surface area contributed by atoms with Crippen LogP contribution < -0.4 is 33.3 Å². The van der Waals surface area contributed by atoms with Crippen molar-refractivity contribution in [1.29, 1.82) is 1.17 Å². The van der Waals surface area contributed by atoms with Gasteiger partial charge in [0.05, 0.1) is 52.3 Å². The minimum Gasteiger partial charge on any atom is -0.394 e. The van der Waals surface area contributed by atoms with Crippen LogP contribution >= 0.6 is 62.6 Å². The largest absolute Gasteiger partial charge is 0.394 e. The molecule has 0 aliphatic carbocycles. The second-order valence-electron chi connectivity index (χ2n) is 17.7. The molecule has 12 N–H and O–H groups in total. The molecule has 25 heteroatoms. The molecular formula is C53H77ClIN8O12P3. The molecule has 3 fully saturated rings. The van der Waals surface area contributed by atoms with E-state index in [-0.39, 0.29) is 31.0 Å². The maximum atomic E-state index is 12.3. The highest BCUT2D eigenvalue weighted by atomic mass is 127. The molecule has 3 saturated heterocycles. The Morgan fingerprint density at radius 3 is 1.37 bits per heavy atom. The monoisotopic (exact) mass is 1280 g/mol. The highest BCUT2D eigenvalue weighted by Crippen LogP contribution is 2.35. The fourth-order valence-electron chi connectivity index (χ4n) is 7.75. The molecule has 6 heterocycles. The highest BCUT2D eigenvalue weighted by Gasteiger charge is 2.47. The molecule has 17 atom stereocenters. The number of nitrogens with one attached hydrogen (secondary N) is 3. The van der Waals surface area contributed by atoms with Crippen molar-refractivity contribution < 1.29 is 50.7 Å². The first-order valence-electron chi connectivity index (χ1n) is 26.1. The van der Waals surface area contributed by atoms with Crippen molar-refractivity contribution in [2.24, 2.45) is 11.5 Å². The number of terminal acetylenes is 4. The van der Waals surface area contributed by atoms with Crippen LogP contribution in [0.2, 0.25) is 0 Å². The number of aliphatic hydroxyl groups excluding tert-OH is 5. The minimum absolute atomic E-state index is 0.278. The summed E-state index contributed by atoms with van der Waals surface area (Å²) in [5.74, 6) is 22.4. The first-order valence-corrected chi connectivity index (χ1v) is 27.8. The lowest BCUT2D eigenvalue weighted by Gasteiger charge is -2.33. The van der Waals surface area contributed by atoms with Crippen molar-refractivity contribution in [2.45, 2.75) is 182 Å². The maximum Gasteiger partial charge on any atom is 0.330 e. The van der Waals surface area contributed by atoms with E-state index in [0.29, 0.717) is 27.6 Å². The van der Waals surface area contributed by atoms with E-state index in [4.69, 9.17) is 59.0 Å². The Morgan fingerprint density at radius 2 is 1.03 bits per heavy atom. The number of carbonyl (C=O) groups is 2. The number of nitrogens with zero attached hydrogens (tertiary/aromatic N) is 3. The lowest BCUT2D eigenvalue weighted by Crippen LogP contribution is -2.56. The van der Waals surface area contributed by atoms with Crippen LogP contribution in [0.25, 0.3) is 0 Å². The maximum absolute atomic E-state index is 12.3. The average Bonchev–Trinajstić information content (AvgIpc) is 4.03. The van der Waals surface area contributed by atoms with Gasteiger partial charge in [-0.1, -0.05) is 38.0 Å². The van der Waals surface area contributed by atoms with Crippen molar-refractivity contribution in [2.75, 3.05) is 13.2 Å². The molecule has 1 aromatic rings. The van der Waals surface area contributed by atoms with Gasteiger partial charge in [-0.2, -0.15) is 0 Å². The summed E-state index contributed by atoms with van der Waals surface area (Å²) in [4.78, 5) is 52.4. The Labute approximate surface area is 488 Å². The number of carbonyl (C=O) groups excluding carboxylic acids is 2. The number of aromatic nitrogens is 2. The molecule has 5 aliphatic rings. The van der Waals surface area contributed by atoms with E-state index in [1.807, 2.05) is 6.92 Å². The molecule has 5 aliphatic heterocycles. The number of urea groups is 2. The van der Waals surface area contributed by atoms with Gasteiger partial charge in [-0.25, -0.2) is 14.4 Å². The quantitative estimate of drug-likeness (QED) is 0.0522. The Kier molecular flexibility index (Phi) is 33.1. The van der Waals surface area contributed by atoms with Crippen LogP contribution in [0, 0.1) is 76.6 Å². The summed E-state index contributed by atoms with van der Waals surface area (Å²) in [6.07, 6.45) is 28.6. The zero-order valence-electron chi connectivity index (χ0n) is 45.8. The Bertz CT molecular complexity index is 2470. The molecule has 78 heavy (non-hydrogen) atoms. The Balaban J connectivity index is 0.000000550. The van der Waals surface area contributed by atoms with Crippen LogP contribution in [0.5, 0.6) is 0 Å². The van der Waals surface area contributed by atoms with Gasteiger partial charge in [0.1, 0.15) is 44.4 Å². The van der Waals surface area contributed by atoms with Crippen molar-refractivity contribution in [1.82, 2.24) is 30.0 Å². The molecule has 0 radical (unpaired) electrons. The van der Waals surface area contributed by atoms with E-state index >= 15 is 0 Å². The summed E-state index contributed by atoms with van der Waals surface area (Å²) < 4.78 is 29.4. The third-order valence-corrected chi connectivity index (χ3v) is 15.1. The van der Waals surface area contributed by atoms with Gasteiger partial charge >= 0.3 is 17.8 Å². The van der Waals surface area contributed by atoms with Crippen molar-refractivity contribution in [3.8, 4) is 73.1 Å². The van der Waals surface area contributed by atoms with Crippen molar-refractivity contribution in [3.05, 3.63) is 54.2 Å². The standard InChI is InChI=1S/C18H26N3O3P.C17H24N3O4P.C9H12IN2O5P.C8H10.CH4.ClH/c1-3-5-6-7-8-9-10-12-11-21(18(23)20-16(12)19)17-15(25)14(22)13(4-2)24-17;1-2-3-4-5-6-7-8-11-9-20(17(23)19-15(11)18)16-14(25)13(22)12(10-21)24-16;10-3-1-12(9(16)11-7(3)15)8-6(18)5(14)4(2-13)17-8;1-3-5-7-8-6-4-2;;/h1,11,13-17,22H,4-8,19,25H2,2H3,(H,20,23);1,9,12-16,21-22H,3-6,10,18,25H2,(H,19,23);1,4-6,8,13-14H,2,18H2,(H,11,15,16);1-2H,5-8H2;1H4;1H/t13-,14+,15?,16?,17-;12-,13+,14?,15?,16-;4-,5+,6?,8-;;;/m111.../s1/i;;;;1T;/hD. The molecule has 0 saturated carbocycles. The van der Waals surface area contributed by atoms with E-state index in [1.54, 1.807) is 35.0 Å². The SMILES string of the molecule is C#CCCCCC#C.C#CCCCCC#CC1=CN([C@@H]2O[C@H](CC)[C@H](O)C2P)C(=O)NC1N.C#CCCCCC#CC1=CN([C@@H]2O[C@H](CO)[C@H](O)C2P)C(=O)NC1N.O=c1[nH]c(=O)n([C@@H]2O[C@H](CO)[C@H](O)C2P)cc1I.[2H]Cl.[3H]C. The minimum atomic E-state index is -0.888. The highest BCUT2D eigenvalue weighted by molar-refractivity contribution is 14.1. The predicted octanol–water partition coefficient (Wildman–Crippen LogP) is 2.32. The number of amides is 4. The molecule has 6 rings (SSSR count). The van der Waals surface area contributed by atoms with Gasteiger partial charge < -0.3 is 61.8 Å². The number of hydrogen-bond donors (Lipinski definition) is 10. The first-order chi connectivity index (χ1) is 38.3. The summed E-state index contributed by atoms with van der Waals surface area (Å²) in [7, 11) is 8.65. The number of aliphatic hydroxyl groups is 5. The third-order valence-electron chi connectivity index (χ3n) is 12.1. The van der Waals surface area contributed by atoms with E-state index in [2.05, 4.69) is 103 Å². The number of aromatic amines is 1. The fraction of sp³-hybridized carbons (Fsp3) is 0.585. The van der Waals surface area contributed by atoms with Crippen LogP contribution in [-0.4, -0.2) is 150 Å². The second-order valence-corrected chi connectivity index (χ2v) is 21.2. The zero-order valence-corrected chi connectivity index (χ0v) is 50.2. The number of unbranched alkanes of at least 4 members (excludes halogenated alkanes) is 9. The topological polar surface area (TPSA) is 300 Å². The number of halogens is 2. The molecule has 20 nitrogen and oxygen atoms in total. The molecule has 0 spiro atoms. The lowest BCUT2D eigenvalue weighted by molar-refractivity contribution is -0.0541. The lowest BCUT2D eigenvalue weighted by atomic mass is 10.1. The molecular weight excluding hydrogens is 1200 g/mol. The third kappa shape index (κ3) is 21.1. The van der Waals surface area contributed by atoms with Gasteiger partial charge in [0, 0.05) is 75.5 Å². The van der Waals surface area contributed by atoms with Gasteiger partial charge in [0.15, 0.2) is 0 Å². The van der Waals surface area contributed by atoms with Crippen molar-refractivity contribution >= 4 is 74.7 Å². The molecule has 0 aromatic carbocycles. The number of rotatable bonds is 15. The Hall–Kier alpha value is -4.03. The van der Waals surface area contributed by atoms with Crippen LogP contribution in [-0.2, 0) is 14.2 Å². The molecule has 8 unspecified atom stereocenters. The summed E-state index contributed by atoms with van der Waals surface area (Å²) in [5.41, 5.74) is 10.8. The predicted molar refractivity (Wildman–Crippen MR) is 321 cm³/mol. The van der Waals surface area contributed by atoms with Crippen molar-refractivity contribution in [3.63, 3.8) is 0 Å². The molecule has 4 amide bonds. The van der Waals surface area contributed by atoms with Gasteiger partial charge in [0.25, 0.3) is 5.56 Å². The van der Waals surface area contributed by atoms with Gasteiger partial charge in [-0.3, -0.25) is 24.1 Å². The van der Waals surface area contributed by atoms with Gasteiger partial charge in [-0.05, 0) is 67.5 Å². The number of hydrogen-bond acceptors (Lipinski definition) is 14. The number of ether oxygens (including phenoxy) is 3. The summed E-state index contributed by atoms with van der Waals surface area (Å²) >= 11 is 5.69. The smallest absolute Gasteiger partial charge is 0.330 e. The second kappa shape index (κ2) is 37.8. The normalized spacial score (nSPS) is 28.5. The molecule has 0 bridgehead atoms. The summed E-state index contributed by atoms with van der Waals surface area (Å²) in [6, 6.07) is -0.788. The summed E-state index contributed by atoms with van der Waals surface area (Å²) in [6.45, 7) is 1.27. The van der Waals surface area contributed by atoms with Crippen LogP contribution in [0.1, 0.15) is 105 Å². The van der Waals surface area contributed by atoms with Crippen LogP contribution in [0.15, 0.2) is 39.3 Å². The Morgan fingerprint density at radius 1 is 0.679 bits per heavy atom. The van der Waals surface area contributed by atoms with E-state index in [9.17, 15) is 39.6 Å². The van der Waals surface area contributed by atoms with E-state index < -0.39 is 90.1 Å². The van der Waals surface area contributed by atoms with E-state index in [1.165, 1.54) is 28.0 Å². The number of nitrogens with two attached hydrogens (primary N) is 2. The number of H-pyrrole nitrogens is 1. The van der Waals surface area contributed by atoms with Crippen LogP contribution in [0.3, 0.4) is 0 Å². The fourth-order valence-corrected chi connectivity index (χ4v) is 9.76. The van der Waals surface area contributed by atoms with E-state index in [0.717, 1.165) is 70.6 Å². The van der Waals surface area contributed by atoms with Crippen LogP contribution in [0.4, 0.5) is 9.59 Å². The molecule has 1 aromatic heterocycles. The summed E-state index contributed by atoms with van der Waals surface area (Å²) in [5, 5.41) is 53.7. The van der Waals surface area contributed by atoms with Gasteiger partial charge in [0.2, 0.25) is 0 Å². The van der Waals surface area contributed by atoms with Gasteiger partial charge in [-0.15, -0.1) is 89.4 Å². The first kappa shape index (κ1) is 68.2.